The van der Waals surface area contributed by atoms with Crippen LogP contribution in [-0.2, 0) is 0 Å². The standard InChI is InChI=1S/C22H21N3OS/c1-22(2,3)24-21(26)16-7-8-20-19(12-16)23-14-25(20)18-6-4-5-15(11-18)17-9-10-27-13-17/h4-14H,1-3H3,(H,24,26). The van der Waals surface area contributed by atoms with Crippen LogP contribution in [0.2, 0.25) is 0 Å². The molecule has 1 amide bonds. The molecule has 4 nitrogen and oxygen atoms in total. The van der Waals surface area contributed by atoms with Gasteiger partial charge >= 0.3 is 0 Å². The van der Waals surface area contributed by atoms with Crippen LogP contribution >= 0.6 is 11.3 Å². The van der Waals surface area contributed by atoms with Crippen molar-refractivity contribution >= 4 is 28.3 Å². The molecule has 0 saturated heterocycles. The fraction of sp³-hybridized carbons (Fsp3) is 0.182. The topological polar surface area (TPSA) is 46.9 Å². The van der Waals surface area contributed by atoms with Gasteiger partial charge in [-0.1, -0.05) is 12.1 Å². The molecule has 0 saturated carbocycles. The van der Waals surface area contributed by atoms with E-state index in [1.807, 2.05) is 45.3 Å². The first kappa shape index (κ1) is 17.5. The Bertz CT molecular complexity index is 1100. The SMILES string of the molecule is CC(C)(C)NC(=O)c1ccc2c(c1)ncn2-c1cccc(-c2ccsc2)c1. The predicted molar refractivity (Wildman–Crippen MR) is 112 cm³/mol. The molecule has 1 N–H and O–H groups in total. The average molecular weight is 375 g/mol. The van der Waals surface area contributed by atoms with Crippen LogP contribution < -0.4 is 5.32 Å². The highest BCUT2D eigenvalue weighted by atomic mass is 32.1. The molecule has 0 atom stereocenters. The zero-order valence-electron chi connectivity index (χ0n) is 15.6. The lowest BCUT2D eigenvalue weighted by molar-refractivity contribution is 0.0919. The smallest absolute Gasteiger partial charge is 0.251 e. The summed E-state index contributed by atoms with van der Waals surface area (Å²) in [6.45, 7) is 5.91. The van der Waals surface area contributed by atoms with E-state index in [0.717, 1.165) is 16.7 Å². The third-order valence-electron chi connectivity index (χ3n) is 4.28. The van der Waals surface area contributed by atoms with Gasteiger partial charge in [0, 0.05) is 16.8 Å². The van der Waals surface area contributed by atoms with Crippen molar-refractivity contribution in [1.29, 1.82) is 0 Å². The number of thiophene rings is 1. The Hall–Kier alpha value is -2.92. The van der Waals surface area contributed by atoms with Gasteiger partial charge in [-0.25, -0.2) is 4.98 Å². The summed E-state index contributed by atoms with van der Waals surface area (Å²) in [5, 5.41) is 7.22. The van der Waals surface area contributed by atoms with E-state index in [1.54, 1.807) is 11.3 Å². The lowest BCUT2D eigenvalue weighted by Gasteiger charge is -2.20. The van der Waals surface area contributed by atoms with Gasteiger partial charge in [-0.15, -0.1) is 0 Å². The summed E-state index contributed by atoms with van der Waals surface area (Å²) in [7, 11) is 0. The van der Waals surface area contributed by atoms with E-state index in [0.29, 0.717) is 5.56 Å². The van der Waals surface area contributed by atoms with Crippen molar-refractivity contribution in [1.82, 2.24) is 14.9 Å². The van der Waals surface area contributed by atoms with E-state index < -0.39 is 0 Å². The number of imidazole rings is 1. The van der Waals surface area contributed by atoms with Gasteiger partial charge in [0.2, 0.25) is 0 Å². The van der Waals surface area contributed by atoms with Crippen molar-refractivity contribution in [2.24, 2.45) is 0 Å². The maximum atomic E-state index is 12.4. The fourth-order valence-electron chi connectivity index (χ4n) is 3.04. The van der Waals surface area contributed by atoms with E-state index in [9.17, 15) is 4.79 Å². The zero-order chi connectivity index (χ0) is 19.0. The Kier molecular flexibility index (Phi) is 4.32. The number of hydrogen-bond acceptors (Lipinski definition) is 3. The van der Waals surface area contributed by atoms with Crippen molar-refractivity contribution in [2.45, 2.75) is 26.3 Å². The Balaban J connectivity index is 1.70. The molecular weight excluding hydrogens is 354 g/mol. The van der Waals surface area contributed by atoms with Crippen molar-refractivity contribution in [3.05, 3.63) is 71.2 Å². The number of hydrogen-bond donors (Lipinski definition) is 1. The Morgan fingerprint density at radius 1 is 1.07 bits per heavy atom. The van der Waals surface area contributed by atoms with Crippen LogP contribution in [-0.4, -0.2) is 21.0 Å². The maximum absolute atomic E-state index is 12.4. The molecule has 0 spiro atoms. The van der Waals surface area contributed by atoms with Crippen molar-refractivity contribution < 1.29 is 4.79 Å². The molecule has 0 unspecified atom stereocenters. The molecule has 2 aromatic heterocycles. The lowest BCUT2D eigenvalue weighted by Crippen LogP contribution is -2.40. The van der Waals surface area contributed by atoms with Crippen LogP contribution in [0, 0.1) is 0 Å². The predicted octanol–water partition coefficient (Wildman–Crippen LogP) is 5.28. The molecule has 5 heteroatoms. The number of fused-ring (bicyclic) bond motifs is 1. The number of nitrogens with zero attached hydrogens (tertiary/aromatic N) is 2. The van der Waals surface area contributed by atoms with Gasteiger partial charge in [-0.3, -0.25) is 9.36 Å². The van der Waals surface area contributed by atoms with Crippen LogP contribution in [0.1, 0.15) is 31.1 Å². The number of benzene rings is 2. The number of carbonyl (C=O) groups excluding carboxylic acids is 1. The summed E-state index contributed by atoms with van der Waals surface area (Å²) in [6.07, 6.45) is 1.81. The van der Waals surface area contributed by atoms with Crippen molar-refractivity contribution in [3.63, 3.8) is 0 Å². The summed E-state index contributed by atoms with van der Waals surface area (Å²) in [5.74, 6) is -0.0848. The second-order valence-corrected chi connectivity index (χ2v) is 8.36. The molecule has 0 fully saturated rings. The lowest BCUT2D eigenvalue weighted by atomic mass is 10.1. The number of carbonyl (C=O) groups is 1. The molecular formula is C22H21N3OS. The van der Waals surface area contributed by atoms with Gasteiger partial charge in [0.05, 0.1) is 11.0 Å². The summed E-state index contributed by atoms with van der Waals surface area (Å²) in [5.41, 5.74) is 5.57. The number of aromatic nitrogens is 2. The summed E-state index contributed by atoms with van der Waals surface area (Å²) >= 11 is 1.69. The zero-order valence-corrected chi connectivity index (χ0v) is 16.4. The van der Waals surface area contributed by atoms with Gasteiger partial charge in [0.25, 0.3) is 5.91 Å². The van der Waals surface area contributed by atoms with E-state index in [2.05, 4.69) is 56.0 Å². The molecule has 4 aromatic rings. The highest BCUT2D eigenvalue weighted by Crippen LogP contribution is 2.26. The highest BCUT2D eigenvalue weighted by Gasteiger charge is 2.16. The van der Waals surface area contributed by atoms with E-state index in [-0.39, 0.29) is 11.4 Å². The van der Waals surface area contributed by atoms with Gasteiger partial charge in [0.15, 0.2) is 0 Å². The van der Waals surface area contributed by atoms with Gasteiger partial charge in [-0.05, 0) is 79.1 Å². The first-order chi connectivity index (χ1) is 12.9. The molecule has 4 rings (SSSR count). The fourth-order valence-corrected chi connectivity index (χ4v) is 3.70. The summed E-state index contributed by atoms with van der Waals surface area (Å²) in [4.78, 5) is 16.9. The van der Waals surface area contributed by atoms with Crippen LogP contribution in [0.3, 0.4) is 0 Å². The second-order valence-electron chi connectivity index (χ2n) is 7.58. The van der Waals surface area contributed by atoms with Crippen molar-refractivity contribution in [2.75, 3.05) is 0 Å². The van der Waals surface area contributed by atoms with Gasteiger partial charge in [0.1, 0.15) is 6.33 Å². The Morgan fingerprint density at radius 3 is 2.67 bits per heavy atom. The second kappa shape index (κ2) is 6.67. The van der Waals surface area contributed by atoms with Crippen LogP contribution in [0.5, 0.6) is 0 Å². The molecule has 136 valence electrons. The molecule has 0 aliphatic rings. The molecule has 0 bridgehead atoms. The third kappa shape index (κ3) is 3.64. The minimum atomic E-state index is -0.270. The average Bonchev–Trinajstić information content (AvgIpc) is 3.30. The largest absolute Gasteiger partial charge is 0.347 e. The van der Waals surface area contributed by atoms with Gasteiger partial charge in [-0.2, -0.15) is 11.3 Å². The third-order valence-corrected chi connectivity index (χ3v) is 4.96. The maximum Gasteiger partial charge on any atom is 0.251 e. The molecule has 0 aliphatic heterocycles. The Morgan fingerprint density at radius 2 is 1.93 bits per heavy atom. The normalized spacial score (nSPS) is 11.7. The van der Waals surface area contributed by atoms with Crippen LogP contribution in [0.4, 0.5) is 0 Å². The molecule has 27 heavy (non-hydrogen) atoms. The van der Waals surface area contributed by atoms with Crippen molar-refractivity contribution in [3.8, 4) is 16.8 Å². The van der Waals surface area contributed by atoms with E-state index in [4.69, 9.17) is 0 Å². The molecule has 0 aliphatic carbocycles. The molecule has 0 radical (unpaired) electrons. The van der Waals surface area contributed by atoms with E-state index in [1.165, 1.54) is 11.1 Å². The summed E-state index contributed by atoms with van der Waals surface area (Å²) in [6, 6.07) is 16.2. The van der Waals surface area contributed by atoms with Gasteiger partial charge < -0.3 is 5.32 Å². The minimum Gasteiger partial charge on any atom is -0.347 e. The first-order valence-electron chi connectivity index (χ1n) is 8.83. The minimum absolute atomic E-state index is 0.0848. The summed E-state index contributed by atoms with van der Waals surface area (Å²) < 4.78 is 2.05. The molecule has 2 heterocycles. The highest BCUT2D eigenvalue weighted by molar-refractivity contribution is 7.08. The Labute approximate surface area is 162 Å². The van der Waals surface area contributed by atoms with Crippen LogP contribution in [0.25, 0.3) is 27.8 Å². The molecule has 2 aromatic carbocycles. The monoisotopic (exact) mass is 375 g/mol. The van der Waals surface area contributed by atoms with E-state index >= 15 is 0 Å². The first-order valence-corrected chi connectivity index (χ1v) is 9.78. The van der Waals surface area contributed by atoms with Crippen LogP contribution in [0.15, 0.2) is 65.6 Å². The quantitative estimate of drug-likeness (QED) is 0.529. The number of nitrogens with one attached hydrogen (secondary N) is 1. The number of rotatable bonds is 3. The number of amides is 1.